The maximum atomic E-state index is 12.4. The summed E-state index contributed by atoms with van der Waals surface area (Å²) in [5.41, 5.74) is 0.589. The lowest BCUT2D eigenvalue weighted by molar-refractivity contribution is 0.0645. The Balaban J connectivity index is 1.46. The van der Waals surface area contributed by atoms with Crippen molar-refractivity contribution >= 4 is 22.5 Å². The monoisotopic (exact) mass is 413 g/mol. The van der Waals surface area contributed by atoms with Crippen LogP contribution in [0.4, 0.5) is 0 Å². The Kier molecular flexibility index (Phi) is 6.44. The van der Waals surface area contributed by atoms with Gasteiger partial charge in [-0.3, -0.25) is 9.69 Å². The first kappa shape index (κ1) is 19.9. The van der Waals surface area contributed by atoms with E-state index in [1.165, 1.54) is 0 Å². The van der Waals surface area contributed by atoms with E-state index in [9.17, 15) is 4.79 Å². The first-order chi connectivity index (χ1) is 14.2. The Labute approximate surface area is 174 Å². The van der Waals surface area contributed by atoms with Crippen LogP contribution in [0.3, 0.4) is 0 Å². The average molecular weight is 414 g/mol. The van der Waals surface area contributed by atoms with Crippen molar-refractivity contribution in [3.63, 3.8) is 0 Å². The van der Waals surface area contributed by atoms with E-state index in [0.29, 0.717) is 47.2 Å². The van der Waals surface area contributed by atoms with Crippen LogP contribution in [-0.4, -0.2) is 47.3 Å². The standard InChI is InChI=1S/C22H24ClN3O3/c23-18-8-2-4-10-20(18)29-13-11-26(14-16-6-5-12-28-16)15-21-24-19-9-3-1-7-17(19)22(27)25-21/h1-4,7-10,16H,5-6,11-15H2,(H,24,25,27). The molecule has 0 spiro atoms. The van der Waals surface area contributed by atoms with Crippen molar-refractivity contribution in [1.82, 2.24) is 14.9 Å². The quantitative estimate of drug-likeness (QED) is 0.610. The second kappa shape index (κ2) is 9.39. The van der Waals surface area contributed by atoms with Crippen molar-refractivity contribution in [2.24, 2.45) is 0 Å². The molecule has 1 aliphatic heterocycles. The zero-order valence-electron chi connectivity index (χ0n) is 16.1. The predicted octanol–water partition coefficient (Wildman–Crippen LogP) is 3.64. The van der Waals surface area contributed by atoms with Crippen LogP contribution in [0.1, 0.15) is 18.7 Å². The van der Waals surface area contributed by atoms with Gasteiger partial charge in [0.15, 0.2) is 0 Å². The van der Waals surface area contributed by atoms with E-state index in [0.717, 1.165) is 26.0 Å². The summed E-state index contributed by atoms with van der Waals surface area (Å²) >= 11 is 6.17. The molecule has 7 heteroatoms. The van der Waals surface area contributed by atoms with E-state index in [2.05, 4.69) is 14.9 Å². The summed E-state index contributed by atoms with van der Waals surface area (Å²) < 4.78 is 11.7. The van der Waals surface area contributed by atoms with Crippen LogP contribution in [-0.2, 0) is 11.3 Å². The molecule has 3 aromatic rings. The zero-order valence-corrected chi connectivity index (χ0v) is 16.9. The van der Waals surface area contributed by atoms with E-state index >= 15 is 0 Å². The van der Waals surface area contributed by atoms with Gasteiger partial charge in [0.25, 0.3) is 5.56 Å². The van der Waals surface area contributed by atoms with Gasteiger partial charge in [0, 0.05) is 19.7 Å². The summed E-state index contributed by atoms with van der Waals surface area (Å²) in [6, 6.07) is 14.8. The number of hydrogen-bond donors (Lipinski definition) is 1. The number of nitrogens with zero attached hydrogens (tertiary/aromatic N) is 2. The van der Waals surface area contributed by atoms with E-state index in [4.69, 9.17) is 21.1 Å². The van der Waals surface area contributed by atoms with Crippen LogP contribution >= 0.6 is 11.6 Å². The SMILES string of the molecule is O=c1[nH]c(CN(CCOc2ccccc2Cl)CC2CCCO2)nc2ccccc12. The predicted molar refractivity (Wildman–Crippen MR) is 114 cm³/mol. The van der Waals surface area contributed by atoms with Gasteiger partial charge in [0.05, 0.1) is 28.6 Å². The molecule has 2 aromatic carbocycles. The highest BCUT2D eigenvalue weighted by Crippen LogP contribution is 2.23. The van der Waals surface area contributed by atoms with Crippen molar-refractivity contribution in [2.75, 3.05) is 26.3 Å². The summed E-state index contributed by atoms with van der Waals surface area (Å²) in [4.78, 5) is 22.1. The van der Waals surface area contributed by atoms with Crippen molar-refractivity contribution in [3.05, 3.63) is 69.7 Å². The van der Waals surface area contributed by atoms with E-state index in [1.807, 2.05) is 42.5 Å². The highest BCUT2D eigenvalue weighted by atomic mass is 35.5. The number of aromatic nitrogens is 2. The van der Waals surface area contributed by atoms with E-state index in [1.54, 1.807) is 6.07 Å². The third-order valence-corrected chi connectivity index (χ3v) is 5.34. The molecular formula is C22H24ClN3O3. The van der Waals surface area contributed by atoms with Gasteiger partial charge in [-0.2, -0.15) is 0 Å². The molecule has 6 nitrogen and oxygen atoms in total. The molecule has 4 rings (SSSR count). The molecule has 1 saturated heterocycles. The Hall–Kier alpha value is -2.41. The highest BCUT2D eigenvalue weighted by molar-refractivity contribution is 6.32. The van der Waals surface area contributed by atoms with Crippen LogP contribution in [0.2, 0.25) is 5.02 Å². The molecule has 1 aliphatic rings. The topological polar surface area (TPSA) is 67.5 Å². The molecule has 0 bridgehead atoms. The number of fused-ring (bicyclic) bond motifs is 1. The van der Waals surface area contributed by atoms with Gasteiger partial charge >= 0.3 is 0 Å². The van der Waals surface area contributed by atoms with Crippen LogP contribution < -0.4 is 10.3 Å². The number of benzene rings is 2. The highest BCUT2D eigenvalue weighted by Gasteiger charge is 2.20. The largest absolute Gasteiger partial charge is 0.491 e. The first-order valence-electron chi connectivity index (χ1n) is 9.88. The summed E-state index contributed by atoms with van der Waals surface area (Å²) in [6.07, 6.45) is 2.32. The lowest BCUT2D eigenvalue weighted by Crippen LogP contribution is -2.36. The fourth-order valence-electron chi connectivity index (χ4n) is 3.58. The Morgan fingerprint density at radius 3 is 2.86 bits per heavy atom. The zero-order chi connectivity index (χ0) is 20.1. The van der Waals surface area contributed by atoms with Gasteiger partial charge in [0.1, 0.15) is 18.2 Å². The van der Waals surface area contributed by atoms with Crippen LogP contribution in [0.5, 0.6) is 5.75 Å². The summed E-state index contributed by atoms with van der Waals surface area (Å²) in [5, 5.41) is 1.20. The van der Waals surface area contributed by atoms with Gasteiger partial charge in [0.2, 0.25) is 0 Å². The van der Waals surface area contributed by atoms with Crippen LogP contribution in [0.25, 0.3) is 10.9 Å². The third-order valence-electron chi connectivity index (χ3n) is 5.02. The van der Waals surface area contributed by atoms with Gasteiger partial charge in [-0.15, -0.1) is 0 Å². The molecule has 0 aliphatic carbocycles. The molecule has 152 valence electrons. The molecule has 1 unspecified atom stereocenters. The minimum absolute atomic E-state index is 0.116. The second-order valence-electron chi connectivity index (χ2n) is 7.18. The Morgan fingerprint density at radius 1 is 1.21 bits per heavy atom. The fourth-order valence-corrected chi connectivity index (χ4v) is 3.77. The number of aromatic amines is 1. The van der Waals surface area contributed by atoms with Gasteiger partial charge in [-0.05, 0) is 37.1 Å². The van der Waals surface area contributed by atoms with Crippen LogP contribution in [0, 0.1) is 0 Å². The summed E-state index contributed by atoms with van der Waals surface area (Å²) in [5.74, 6) is 1.31. The van der Waals surface area contributed by atoms with E-state index < -0.39 is 0 Å². The molecule has 0 radical (unpaired) electrons. The summed E-state index contributed by atoms with van der Waals surface area (Å²) in [6.45, 7) is 3.24. The van der Waals surface area contributed by atoms with Crippen LogP contribution in [0.15, 0.2) is 53.3 Å². The minimum atomic E-state index is -0.116. The number of hydrogen-bond acceptors (Lipinski definition) is 5. The molecule has 1 N–H and O–H groups in total. The van der Waals surface area contributed by atoms with Gasteiger partial charge < -0.3 is 14.5 Å². The molecule has 29 heavy (non-hydrogen) atoms. The Bertz CT molecular complexity index is 1020. The number of para-hydroxylation sites is 2. The number of halogens is 1. The lowest BCUT2D eigenvalue weighted by Gasteiger charge is -2.25. The fraction of sp³-hybridized carbons (Fsp3) is 0.364. The summed E-state index contributed by atoms with van der Waals surface area (Å²) in [7, 11) is 0. The van der Waals surface area contributed by atoms with Gasteiger partial charge in [-0.1, -0.05) is 35.9 Å². The molecular weight excluding hydrogens is 390 g/mol. The lowest BCUT2D eigenvalue weighted by atomic mass is 10.2. The first-order valence-corrected chi connectivity index (χ1v) is 10.3. The molecule has 1 atom stereocenters. The normalized spacial score (nSPS) is 16.6. The Morgan fingerprint density at radius 2 is 2.03 bits per heavy atom. The maximum absolute atomic E-state index is 12.4. The number of nitrogens with one attached hydrogen (secondary N) is 1. The minimum Gasteiger partial charge on any atom is -0.491 e. The van der Waals surface area contributed by atoms with Crippen molar-refractivity contribution in [2.45, 2.75) is 25.5 Å². The smallest absolute Gasteiger partial charge is 0.258 e. The molecule has 1 aromatic heterocycles. The van der Waals surface area contributed by atoms with E-state index in [-0.39, 0.29) is 11.7 Å². The number of rotatable bonds is 8. The number of H-pyrrole nitrogens is 1. The molecule has 2 heterocycles. The third kappa shape index (κ3) is 5.15. The molecule has 0 amide bonds. The van der Waals surface area contributed by atoms with Gasteiger partial charge in [-0.25, -0.2) is 4.98 Å². The molecule has 1 fully saturated rings. The van der Waals surface area contributed by atoms with Crippen molar-refractivity contribution < 1.29 is 9.47 Å². The maximum Gasteiger partial charge on any atom is 0.258 e. The number of ether oxygens (including phenoxy) is 2. The molecule has 0 saturated carbocycles. The van der Waals surface area contributed by atoms with Crippen molar-refractivity contribution in [1.29, 1.82) is 0 Å². The average Bonchev–Trinajstić information content (AvgIpc) is 3.22. The van der Waals surface area contributed by atoms with Crippen molar-refractivity contribution in [3.8, 4) is 5.75 Å². The second-order valence-corrected chi connectivity index (χ2v) is 7.59.